The number of carbonyl (C=O) groups is 3. The van der Waals surface area contributed by atoms with Gasteiger partial charge < -0.3 is 5.32 Å². The van der Waals surface area contributed by atoms with Gasteiger partial charge in [0.25, 0.3) is 0 Å². The number of anilines is 1. The zero-order chi connectivity index (χ0) is 25.6. The summed E-state index contributed by atoms with van der Waals surface area (Å²) in [6.07, 6.45) is 0. The third-order valence-corrected chi connectivity index (χ3v) is 10.1. The minimum atomic E-state index is -1.26. The molecular formula is C28H21BrCl2N2O3. The number of alkyl halides is 2. The predicted molar refractivity (Wildman–Crippen MR) is 142 cm³/mol. The van der Waals surface area contributed by atoms with E-state index in [0.29, 0.717) is 5.69 Å². The maximum atomic E-state index is 13.8. The lowest BCUT2D eigenvalue weighted by molar-refractivity contribution is -0.142. The van der Waals surface area contributed by atoms with Crippen molar-refractivity contribution in [3.8, 4) is 0 Å². The van der Waals surface area contributed by atoms with E-state index < -0.39 is 45.9 Å². The third-order valence-electron chi connectivity index (χ3n) is 7.97. The molecule has 5 nitrogen and oxygen atoms in total. The van der Waals surface area contributed by atoms with Crippen molar-refractivity contribution in [1.82, 2.24) is 4.90 Å². The highest BCUT2D eigenvalue weighted by molar-refractivity contribution is 9.10. The molecule has 0 spiro atoms. The van der Waals surface area contributed by atoms with Crippen molar-refractivity contribution < 1.29 is 14.4 Å². The van der Waals surface area contributed by atoms with Crippen LogP contribution in [0.1, 0.15) is 33.4 Å². The number of imide groups is 1. The molecule has 1 aliphatic heterocycles. The first-order chi connectivity index (χ1) is 17.1. The molecule has 36 heavy (non-hydrogen) atoms. The van der Waals surface area contributed by atoms with Gasteiger partial charge in [0, 0.05) is 10.2 Å². The van der Waals surface area contributed by atoms with Gasteiger partial charge in [-0.3, -0.25) is 19.3 Å². The largest absolute Gasteiger partial charge is 0.324 e. The van der Waals surface area contributed by atoms with Crippen molar-refractivity contribution in [1.29, 1.82) is 0 Å². The highest BCUT2D eigenvalue weighted by atomic mass is 79.9. The Morgan fingerprint density at radius 1 is 0.833 bits per heavy atom. The second-order valence-corrected chi connectivity index (χ2v) is 11.7. The van der Waals surface area contributed by atoms with Crippen LogP contribution in [-0.2, 0) is 24.1 Å². The quantitative estimate of drug-likeness (QED) is 0.322. The van der Waals surface area contributed by atoms with Crippen LogP contribution in [0.15, 0.2) is 65.1 Å². The summed E-state index contributed by atoms with van der Waals surface area (Å²) in [5.74, 6) is -3.26. The van der Waals surface area contributed by atoms with E-state index in [0.717, 1.165) is 42.8 Å². The van der Waals surface area contributed by atoms with E-state index in [1.807, 2.05) is 68.4 Å². The van der Waals surface area contributed by atoms with Gasteiger partial charge in [-0.25, -0.2) is 0 Å². The van der Waals surface area contributed by atoms with Crippen LogP contribution in [0.5, 0.6) is 0 Å². The van der Waals surface area contributed by atoms with Crippen molar-refractivity contribution in [2.45, 2.75) is 23.6 Å². The summed E-state index contributed by atoms with van der Waals surface area (Å²) in [6.45, 7) is 3.43. The van der Waals surface area contributed by atoms with Crippen LogP contribution in [0.4, 0.5) is 5.69 Å². The number of nitrogens with zero attached hydrogens (tertiary/aromatic N) is 1. The topological polar surface area (TPSA) is 66.5 Å². The molecule has 3 amide bonds. The first kappa shape index (κ1) is 23.7. The molecule has 4 aliphatic rings. The van der Waals surface area contributed by atoms with Crippen molar-refractivity contribution in [3.63, 3.8) is 0 Å². The first-order valence-electron chi connectivity index (χ1n) is 11.6. The molecule has 3 aliphatic carbocycles. The van der Waals surface area contributed by atoms with Gasteiger partial charge in [-0.1, -0.05) is 64.5 Å². The molecule has 1 heterocycles. The van der Waals surface area contributed by atoms with E-state index in [4.69, 9.17) is 23.2 Å². The Kier molecular flexibility index (Phi) is 5.21. The second kappa shape index (κ2) is 7.91. The third kappa shape index (κ3) is 2.86. The lowest BCUT2D eigenvalue weighted by atomic mass is 9.54. The van der Waals surface area contributed by atoms with Crippen LogP contribution >= 0.6 is 39.1 Å². The van der Waals surface area contributed by atoms with Crippen LogP contribution in [0.2, 0.25) is 0 Å². The van der Waals surface area contributed by atoms with E-state index in [2.05, 4.69) is 21.2 Å². The normalized spacial score (nSPS) is 27.5. The first-order valence-corrected chi connectivity index (χ1v) is 13.1. The number of hydrogen-bond acceptors (Lipinski definition) is 3. The van der Waals surface area contributed by atoms with Gasteiger partial charge >= 0.3 is 0 Å². The number of hydrogen-bond donors (Lipinski definition) is 1. The SMILES string of the molecule is Cc1c(Br)ccc(NC(=O)CN2C(=O)[C@@H]3[C@H](C2=O)C2(Cl)c4ccccc4C3(Cl)c3ccccc32)c1C. The summed E-state index contributed by atoms with van der Waals surface area (Å²) in [7, 11) is 0. The summed E-state index contributed by atoms with van der Waals surface area (Å²) in [6, 6.07) is 18.6. The average Bonchev–Trinajstić information content (AvgIpc) is 3.13. The minimum absolute atomic E-state index is 0.411. The molecule has 0 unspecified atom stereocenters. The number of carbonyl (C=O) groups excluding carboxylic acids is 3. The molecule has 8 heteroatoms. The Hall–Kier alpha value is -2.67. The van der Waals surface area contributed by atoms with Gasteiger partial charge in [0.2, 0.25) is 17.7 Å². The monoisotopic (exact) mass is 582 g/mol. The molecular weight excluding hydrogens is 563 g/mol. The Bertz CT molecular complexity index is 1380. The molecule has 1 fully saturated rings. The summed E-state index contributed by atoms with van der Waals surface area (Å²) in [5, 5.41) is 2.85. The number of nitrogens with one attached hydrogen (secondary N) is 1. The summed E-state index contributed by atoms with van der Waals surface area (Å²) in [5.41, 5.74) is 5.44. The maximum Gasteiger partial charge on any atom is 0.244 e. The number of likely N-dealkylation sites (tertiary alicyclic amines) is 1. The summed E-state index contributed by atoms with van der Waals surface area (Å²) in [4.78, 5) is 39.2. The Morgan fingerprint density at radius 2 is 1.28 bits per heavy atom. The van der Waals surface area contributed by atoms with E-state index in [1.165, 1.54) is 0 Å². The molecule has 182 valence electrons. The molecule has 0 aromatic heterocycles. The molecule has 2 bridgehead atoms. The second-order valence-electron chi connectivity index (χ2n) is 9.63. The van der Waals surface area contributed by atoms with Gasteiger partial charge in [-0.05, 0) is 59.4 Å². The van der Waals surface area contributed by atoms with Crippen LogP contribution in [0.25, 0.3) is 0 Å². The Balaban J connectivity index is 1.40. The lowest BCUT2D eigenvalue weighted by Gasteiger charge is -2.54. The van der Waals surface area contributed by atoms with E-state index >= 15 is 0 Å². The molecule has 7 rings (SSSR count). The van der Waals surface area contributed by atoms with Crippen molar-refractivity contribution >= 4 is 62.5 Å². The molecule has 3 aromatic rings. The fourth-order valence-electron chi connectivity index (χ4n) is 6.14. The molecule has 0 saturated carbocycles. The van der Waals surface area contributed by atoms with Crippen LogP contribution in [0, 0.1) is 25.7 Å². The molecule has 2 atom stereocenters. The van der Waals surface area contributed by atoms with Crippen molar-refractivity contribution in [2.24, 2.45) is 11.8 Å². The highest BCUT2D eigenvalue weighted by Crippen LogP contribution is 2.69. The van der Waals surface area contributed by atoms with E-state index in [-0.39, 0.29) is 0 Å². The number of amides is 3. The minimum Gasteiger partial charge on any atom is -0.324 e. The lowest BCUT2D eigenvalue weighted by Crippen LogP contribution is -2.57. The van der Waals surface area contributed by atoms with Crippen molar-refractivity contribution in [3.05, 3.63) is 98.5 Å². The number of benzene rings is 3. The van der Waals surface area contributed by atoms with Crippen molar-refractivity contribution in [2.75, 3.05) is 11.9 Å². The zero-order valence-electron chi connectivity index (χ0n) is 19.4. The Morgan fingerprint density at radius 3 is 1.72 bits per heavy atom. The van der Waals surface area contributed by atoms with Gasteiger partial charge in [0.1, 0.15) is 16.3 Å². The molecule has 0 radical (unpaired) electrons. The standard InChI is InChI=1S/C28H21BrCl2N2O3/c1-14-15(2)21(12-11-20(14)29)32-22(34)13-33-25(35)23-24(26(33)36)28(31)17-8-4-3-7-16(17)27(23,30)18-9-5-6-10-19(18)28/h3-12,23-24H,13H2,1-2H3,(H,32,34)/t23-,24+,27?,28?. The summed E-state index contributed by atoms with van der Waals surface area (Å²) >= 11 is 18.3. The van der Waals surface area contributed by atoms with E-state index in [1.54, 1.807) is 6.07 Å². The maximum absolute atomic E-state index is 13.8. The Labute approximate surface area is 226 Å². The van der Waals surface area contributed by atoms with Crippen LogP contribution in [-0.4, -0.2) is 29.2 Å². The fourth-order valence-corrected chi connectivity index (χ4v) is 7.66. The predicted octanol–water partition coefficient (Wildman–Crippen LogP) is 5.60. The average molecular weight is 584 g/mol. The highest BCUT2D eigenvalue weighted by Gasteiger charge is 2.73. The smallest absolute Gasteiger partial charge is 0.244 e. The van der Waals surface area contributed by atoms with E-state index in [9.17, 15) is 14.4 Å². The zero-order valence-corrected chi connectivity index (χ0v) is 22.5. The van der Waals surface area contributed by atoms with Gasteiger partial charge in [-0.15, -0.1) is 23.2 Å². The molecule has 1 saturated heterocycles. The molecule has 3 aromatic carbocycles. The summed E-state index contributed by atoms with van der Waals surface area (Å²) < 4.78 is 0.932. The fraction of sp³-hybridized carbons (Fsp3) is 0.250. The van der Waals surface area contributed by atoms with Crippen LogP contribution < -0.4 is 5.32 Å². The number of rotatable bonds is 3. The van der Waals surface area contributed by atoms with Gasteiger partial charge in [0.15, 0.2) is 0 Å². The van der Waals surface area contributed by atoms with Gasteiger partial charge in [-0.2, -0.15) is 0 Å². The molecule has 1 N–H and O–H groups in total. The van der Waals surface area contributed by atoms with Crippen LogP contribution in [0.3, 0.4) is 0 Å². The van der Waals surface area contributed by atoms with Gasteiger partial charge in [0.05, 0.1) is 11.8 Å². The number of halogens is 3.